The quantitative estimate of drug-likeness (QED) is 0.792. The molecule has 0 heterocycles. The van der Waals surface area contributed by atoms with Crippen molar-refractivity contribution in [1.29, 1.82) is 0 Å². The van der Waals surface area contributed by atoms with E-state index in [9.17, 15) is 13.7 Å². The van der Waals surface area contributed by atoms with Crippen LogP contribution in [-0.2, 0) is 9.74 Å². The lowest BCUT2D eigenvalue weighted by Crippen LogP contribution is -2.13. The summed E-state index contributed by atoms with van der Waals surface area (Å²) < 4.78 is 24.4. The molecule has 0 saturated heterocycles. The molecular formula is C9H8F2O3. The van der Waals surface area contributed by atoms with Gasteiger partial charge in [-0.2, -0.15) is 0 Å². The second kappa shape index (κ2) is 4.15. The van der Waals surface area contributed by atoms with Gasteiger partial charge in [0.2, 0.25) is 0 Å². The summed E-state index contributed by atoms with van der Waals surface area (Å²) in [4.78, 5) is 13.4. The average molecular weight is 202 g/mol. The second-order valence-corrected chi connectivity index (χ2v) is 2.82. The van der Waals surface area contributed by atoms with Gasteiger partial charge in [-0.25, -0.2) is 9.18 Å². The first-order valence-electron chi connectivity index (χ1n) is 3.83. The highest BCUT2D eigenvalue weighted by molar-refractivity contribution is 5.75. The van der Waals surface area contributed by atoms with Crippen molar-refractivity contribution in [3.05, 3.63) is 35.1 Å². The number of rotatable bonds is 2. The van der Waals surface area contributed by atoms with Crippen molar-refractivity contribution in [2.24, 2.45) is 0 Å². The number of aliphatic hydroxyl groups is 1. The summed E-state index contributed by atoms with van der Waals surface area (Å²) in [5.41, 5.74) is 0.347. The Morgan fingerprint density at radius 2 is 2.21 bits per heavy atom. The topological polar surface area (TPSA) is 46.5 Å². The third kappa shape index (κ3) is 2.05. The first-order valence-corrected chi connectivity index (χ1v) is 3.83. The SMILES string of the molecule is Cc1ccc(F)c(C(O)C(=O)OF)c1. The molecule has 1 unspecified atom stereocenters. The zero-order chi connectivity index (χ0) is 10.7. The highest BCUT2D eigenvalue weighted by Gasteiger charge is 2.23. The van der Waals surface area contributed by atoms with Crippen LogP contribution in [-0.4, -0.2) is 11.1 Å². The molecule has 1 aromatic carbocycles. The van der Waals surface area contributed by atoms with Gasteiger partial charge in [-0.3, -0.25) is 4.94 Å². The van der Waals surface area contributed by atoms with E-state index in [4.69, 9.17) is 5.11 Å². The Balaban J connectivity index is 3.05. The summed E-state index contributed by atoms with van der Waals surface area (Å²) >= 11 is 0. The van der Waals surface area contributed by atoms with Crippen LogP contribution in [0.3, 0.4) is 0 Å². The Hall–Kier alpha value is -1.49. The van der Waals surface area contributed by atoms with Crippen molar-refractivity contribution >= 4 is 5.97 Å². The van der Waals surface area contributed by atoms with Crippen LogP contribution in [0, 0.1) is 12.7 Å². The molecule has 1 rings (SSSR count). The fourth-order valence-corrected chi connectivity index (χ4v) is 1.04. The lowest BCUT2D eigenvalue weighted by atomic mass is 10.1. The minimum Gasteiger partial charge on any atom is -0.377 e. The number of carbonyl (C=O) groups is 1. The number of halogens is 2. The first kappa shape index (κ1) is 10.6. The molecule has 0 aliphatic rings. The van der Waals surface area contributed by atoms with Crippen molar-refractivity contribution in [1.82, 2.24) is 0 Å². The van der Waals surface area contributed by atoms with E-state index in [-0.39, 0.29) is 5.56 Å². The molecule has 0 aromatic heterocycles. The van der Waals surface area contributed by atoms with E-state index in [0.29, 0.717) is 5.56 Å². The molecule has 14 heavy (non-hydrogen) atoms. The monoisotopic (exact) mass is 202 g/mol. The summed E-state index contributed by atoms with van der Waals surface area (Å²) in [5.74, 6) is -2.32. The Bertz CT molecular complexity index is 352. The number of carbonyl (C=O) groups excluding carboxylic acids is 1. The van der Waals surface area contributed by atoms with Gasteiger partial charge in [0.05, 0.1) is 0 Å². The minimum absolute atomic E-state index is 0.298. The number of hydrogen-bond acceptors (Lipinski definition) is 3. The fourth-order valence-electron chi connectivity index (χ4n) is 1.04. The van der Waals surface area contributed by atoms with Gasteiger partial charge < -0.3 is 5.11 Å². The molecule has 0 amide bonds. The smallest absolute Gasteiger partial charge is 0.377 e. The Kier molecular flexibility index (Phi) is 3.14. The Morgan fingerprint density at radius 3 is 2.79 bits per heavy atom. The molecule has 76 valence electrons. The van der Waals surface area contributed by atoms with E-state index in [1.807, 2.05) is 0 Å². The van der Waals surface area contributed by atoms with Crippen LogP contribution >= 0.6 is 0 Å². The molecule has 0 saturated carbocycles. The van der Waals surface area contributed by atoms with Crippen LogP contribution in [0.2, 0.25) is 0 Å². The Morgan fingerprint density at radius 1 is 1.57 bits per heavy atom. The summed E-state index contributed by atoms with van der Waals surface area (Å²) in [7, 11) is 0. The molecule has 0 bridgehead atoms. The van der Waals surface area contributed by atoms with Crippen LogP contribution in [0.4, 0.5) is 8.92 Å². The van der Waals surface area contributed by atoms with Crippen LogP contribution < -0.4 is 0 Å². The third-order valence-corrected chi connectivity index (χ3v) is 1.75. The van der Waals surface area contributed by atoms with E-state index in [2.05, 4.69) is 4.94 Å². The maximum absolute atomic E-state index is 13.0. The first-order chi connectivity index (χ1) is 6.56. The summed E-state index contributed by atoms with van der Waals surface area (Å²) in [6.07, 6.45) is -1.93. The summed E-state index contributed by atoms with van der Waals surface area (Å²) in [6, 6.07) is 3.79. The standard InChI is InChI=1S/C9H8F2O3/c1-5-2-3-7(10)6(4-5)8(12)9(13)14-11/h2-4,8,12H,1H3. The molecule has 0 aliphatic heterocycles. The van der Waals surface area contributed by atoms with Crippen molar-refractivity contribution < 1.29 is 23.8 Å². The largest absolute Gasteiger partial charge is 0.381 e. The van der Waals surface area contributed by atoms with Gasteiger partial charge in [-0.15, -0.1) is 0 Å². The van der Waals surface area contributed by atoms with Crippen molar-refractivity contribution in [3.63, 3.8) is 0 Å². The summed E-state index contributed by atoms with van der Waals surface area (Å²) in [5, 5.41) is 9.14. The molecule has 0 fully saturated rings. The van der Waals surface area contributed by atoms with Crippen LogP contribution in [0.5, 0.6) is 0 Å². The Labute approximate surface area is 78.8 Å². The van der Waals surface area contributed by atoms with Gasteiger partial charge in [-0.05, 0) is 19.1 Å². The molecule has 0 radical (unpaired) electrons. The van der Waals surface area contributed by atoms with Crippen LogP contribution in [0.25, 0.3) is 0 Å². The zero-order valence-corrected chi connectivity index (χ0v) is 7.33. The molecule has 0 aliphatic carbocycles. The highest BCUT2D eigenvalue weighted by Crippen LogP contribution is 2.19. The van der Waals surface area contributed by atoms with Gasteiger partial charge in [0.15, 0.2) is 6.10 Å². The predicted octanol–water partition coefficient (Wildman–Crippen LogP) is 1.60. The van der Waals surface area contributed by atoms with Crippen LogP contribution in [0.1, 0.15) is 17.2 Å². The predicted molar refractivity (Wildman–Crippen MR) is 43.3 cm³/mol. The lowest BCUT2D eigenvalue weighted by Gasteiger charge is -2.07. The van der Waals surface area contributed by atoms with E-state index in [1.54, 1.807) is 6.92 Å². The van der Waals surface area contributed by atoms with E-state index in [0.717, 1.165) is 6.07 Å². The van der Waals surface area contributed by atoms with Crippen LogP contribution in [0.15, 0.2) is 18.2 Å². The molecule has 5 heteroatoms. The third-order valence-electron chi connectivity index (χ3n) is 1.75. The number of aryl methyl sites for hydroxylation is 1. The van der Waals surface area contributed by atoms with Gasteiger partial charge >= 0.3 is 5.97 Å². The maximum Gasteiger partial charge on any atom is 0.381 e. The van der Waals surface area contributed by atoms with E-state index in [1.165, 1.54) is 12.1 Å². The van der Waals surface area contributed by atoms with Gasteiger partial charge in [0.25, 0.3) is 0 Å². The zero-order valence-electron chi connectivity index (χ0n) is 7.33. The average Bonchev–Trinajstić information content (AvgIpc) is 2.19. The molecule has 1 aromatic rings. The molecule has 1 N–H and O–H groups in total. The van der Waals surface area contributed by atoms with Crippen molar-refractivity contribution in [2.75, 3.05) is 0 Å². The van der Waals surface area contributed by atoms with E-state index < -0.39 is 17.9 Å². The molecule has 0 spiro atoms. The summed E-state index contributed by atoms with van der Waals surface area (Å²) in [6.45, 7) is 1.65. The van der Waals surface area contributed by atoms with Crippen molar-refractivity contribution in [3.8, 4) is 0 Å². The second-order valence-electron chi connectivity index (χ2n) is 2.82. The number of hydrogen-bond donors (Lipinski definition) is 1. The van der Waals surface area contributed by atoms with E-state index >= 15 is 0 Å². The van der Waals surface area contributed by atoms with Gasteiger partial charge in [0.1, 0.15) is 5.82 Å². The number of benzene rings is 1. The van der Waals surface area contributed by atoms with Crippen molar-refractivity contribution in [2.45, 2.75) is 13.0 Å². The highest BCUT2D eigenvalue weighted by atomic mass is 19.3. The molecular weight excluding hydrogens is 194 g/mol. The maximum atomic E-state index is 13.0. The minimum atomic E-state index is -1.93. The fraction of sp³-hybridized carbons (Fsp3) is 0.222. The molecule has 1 atom stereocenters. The van der Waals surface area contributed by atoms with Gasteiger partial charge in [-0.1, -0.05) is 11.6 Å². The molecule has 3 nitrogen and oxygen atoms in total. The normalized spacial score (nSPS) is 12.3. The van der Waals surface area contributed by atoms with Gasteiger partial charge in [0, 0.05) is 10.1 Å². The lowest BCUT2D eigenvalue weighted by molar-refractivity contribution is -0.194. The number of aliphatic hydroxyl groups excluding tert-OH is 1.